The van der Waals surface area contributed by atoms with Crippen molar-refractivity contribution in [3.63, 3.8) is 0 Å². The molecule has 190 valence electrons. The van der Waals surface area contributed by atoms with Crippen LogP contribution in [0.5, 0.6) is 0 Å². The van der Waals surface area contributed by atoms with E-state index in [2.05, 4.69) is 15.5 Å². The summed E-state index contributed by atoms with van der Waals surface area (Å²) in [6.45, 7) is 3.39. The number of alkyl halides is 4. The van der Waals surface area contributed by atoms with Crippen LogP contribution in [0.15, 0.2) is 41.5 Å². The van der Waals surface area contributed by atoms with E-state index in [9.17, 15) is 26.3 Å². The topological polar surface area (TPSA) is 73.5 Å². The largest absolute Gasteiger partial charge is 0.428 e. The Morgan fingerprint density at radius 3 is 2.33 bits per heavy atom. The van der Waals surface area contributed by atoms with Crippen molar-refractivity contribution in [1.82, 2.24) is 15.4 Å². The predicted molar refractivity (Wildman–Crippen MR) is 113 cm³/mol. The van der Waals surface area contributed by atoms with E-state index in [0.717, 1.165) is 6.20 Å². The highest BCUT2D eigenvalue weighted by atomic mass is 19.4. The molecule has 1 N–H and O–H groups in total. The summed E-state index contributed by atoms with van der Waals surface area (Å²) in [6.07, 6.45) is -1.85. The highest BCUT2D eigenvalue weighted by molar-refractivity contribution is 5.86. The molecule has 6 nitrogen and oxygen atoms in total. The Morgan fingerprint density at radius 1 is 1.19 bits per heavy atom. The van der Waals surface area contributed by atoms with E-state index in [0.29, 0.717) is 11.9 Å². The Morgan fingerprint density at radius 2 is 1.83 bits per heavy atom. The van der Waals surface area contributed by atoms with Crippen molar-refractivity contribution in [2.24, 2.45) is 10.9 Å². The Labute approximate surface area is 200 Å². The summed E-state index contributed by atoms with van der Waals surface area (Å²) in [4.78, 5) is 14.1. The van der Waals surface area contributed by atoms with Crippen molar-refractivity contribution in [1.29, 1.82) is 5.26 Å². The number of aliphatic imine (C=N–C) groups is 1. The van der Waals surface area contributed by atoms with E-state index in [1.165, 1.54) is 12.1 Å². The molecule has 0 aliphatic carbocycles. The molecule has 0 radical (unpaired) electrons. The molecule has 13 heteroatoms. The average molecular weight is 513 g/mol. The van der Waals surface area contributed by atoms with Crippen LogP contribution >= 0.6 is 0 Å². The lowest BCUT2D eigenvalue weighted by atomic mass is 9.89. The van der Waals surface area contributed by atoms with E-state index in [1.54, 1.807) is 11.1 Å². The fraction of sp³-hybridized carbons (Fsp3) is 0.348. The molecule has 1 atom stereocenters. The molecule has 1 aromatic carbocycles. The van der Waals surface area contributed by atoms with Crippen LogP contribution in [-0.4, -0.2) is 35.0 Å². The second-order valence-electron chi connectivity index (χ2n) is 8.73. The van der Waals surface area contributed by atoms with Gasteiger partial charge in [-0.2, -0.15) is 23.4 Å². The first kappa shape index (κ1) is 25.4. The number of nitrogens with zero attached hydrogens (tertiary/aromatic N) is 4. The van der Waals surface area contributed by atoms with Gasteiger partial charge in [-0.1, -0.05) is 13.8 Å². The van der Waals surface area contributed by atoms with Crippen LogP contribution in [0.2, 0.25) is 0 Å². The maximum atomic E-state index is 15.3. The monoisotopic (exact) mass is 513 g/mol. The van der Waals surface area contributed by atoms with Gasteiger partial charge in [0.1, 0.15) is 5.84 Å². The van der Waals surface area contributed by atoms with E-state index in [1.807, 2.05) is 13.8 Å². The average Bonchev–Trinajstić information content (AvgIpc) is 3.26. The van der Waals surface area contributed by atoms with Gasteiger partial charge in [0.15, 0.2) is 23.1 Å². The van der Waals surface area contributed by atoms with Crippen molar-refractivity contribution < 1.29 is 35.6 Å². The zero-order chi connectivity index (χ0) is 26.5. The summed E-state index contributed by atoms with van der Waals surface area (Å²) >= 11 is 0. The highest BCUT2D eigenvalue weighted by Crippen LogP contribution is 2.48. The third-order valence-electron chi connectivity index (χ3n) is 5.92. The quantitative estimate of drug-likeness (QED) is 0.208. The highest BCUT2D eigenvalue weighted by Gasteiger charge is 2.60. The number of hydroxylamine groups is 1. The van der Waals surface area contributed by atoms with Gasteiger partial charge in [-0.15, -0.1) is 0 Å². The van der Waals surface area contributed by atoms with Crippen molar-refractivity contribution in [3.05, 3.63) is 70.8 Å². The molecule has 1 unspecified atom stereocenters. The molecule has 2 aliphatic rings. The van der Waals surface area contributed by atoms with Gasteiger partial charge in [0.05, 0.1) is 24.5 Å². The van der Waals surface area contributed by atoms with Gasteiger partial charge in [-0.25, -0.2) is 17.6 Å². The van der Waals surface area contributed by atoms with Crippen molar-refractivity contribution >= 4 is 11.5 Å². The first-order chi connectivity index (χ1) is 16.8. The minimum absolute atomic E-state index is 0.0202. The number of halogens is 7. The molecule has 1 saturated heterocycles. The maximum absolute atomic E-state index is 15.3. The number of amidine groups is 1. The molecule has 0 saturated carbocycles. The van der Waals surface area contributed by atoms with E-state index in [4.69, 9.17) is 10.1 Å². The second kappa shape index (κ2) is 8.77. The van der Waals surface area contributed by atoms with Crippen molar-refractivity contribution in [3.8, 4) is 6.19 Å². The van der Waals surface area contributed by atoms with Gasteiger partial charge >= 0.3 is 6.18 Å². The smallest absolute Gasteiger partial charge is 0.352 e. The standard InChI is InChI=1S/C23H18F7N5O/c1-12(2)20(33-11-31)35-9-21(27,10-35)18-4-3-13(8-32-18)17-7-22(36-34-17,23(28,29)30)14-5-15(24)19(26)16(25)6-14/h3-8,12,34H,9-10H2,1-2H3. The van der Waals surface area contributed by atoms with Crippen LogP contribution in [0, 0.1) is 34.8 Å². The molecule has 1 fully saturated rings. The van der Waals surface area contributed by atoms with Crippen LogP contribution < -0.4 is 5.48 Å². The van der Waals surface area contributed by atoms with Gasteiger partial charge in [-0.05, 0) is 30.3 Å². The number of aromatic nitrogens is 1. The minimum Gasteiger partial charge on any atom is -0.352 e. The Hall–Kier alpha value is -3.66. The molecule has 4 rings (SSSR count). The SMILES string of the molecule is CC(C)C(=NC#N)N1CC(F)(c2ccc(C3=CC(c4cc(F)c(F)c(F)c4)(C(F)(F)F)ON3)cn2)C1. The lowest BCUT2D eigenvalue weighted by Crippen LogP contribution is -2.60. The number of benzene rings is 1. The number of likely N-dealkylation sites (tertiary alicyclic amines) is 1. The molecule has 3 heterocycles. The molecule has 2 aliphatic heterocycles. The molecular formula is C23H18F7N5O. The number of pyridine rings is 1. The number of rotatable bonds is 4. The lowest BCUT2D eigenvalue weighted by molar-refractivity contribution is -0.269. The van der Waals surface area contributed by atoms with Crippen LogP contribution in [-0.2, 0) is 16.1 Å². The van der Waals surface area contributed by atoms with Crippen LogP contribution in [0.25, 0.3) is 5.70 Å². The summed E-state index contributed by atoms with van der Waals surface area (Å²) in [6, 6.07) is 2.99. The predicted octanol–water partition coefficient (Wildman–Crippen LogP) is 4.85. The van der Waals surface area contributed by atoms with Crippen molar-refractivity contribution in [2.45, 2.75) is 31.3 Å². The Bertz CT molecular complexity index is 1250. The van der Waals surface area contributed by atoms with Crippen molar-refractivity contribution in [2.75, 3.05) is 13.1 Å². The Kier molecular flexibility index (Phi) is 6.20. The van der Waals surface area contributed by atoms with Gasteiger partial charge in [0.2, 0.25) is 11.8 Å². The van der Waals surface area contributed by atoms with Crippen LogP contribution in [0.3, 0.4) is 0 Å². The van der Waals surface area contributed by atoms with Gasteiger partial charge < -0.3 is 4.90 Å². The van der Waals surface area contributed by atoms with Gasteiger partial charge in [-0.3, -0.25) is 15.3 Å². The fourth-order valence-corrected chi connectivity index (χ4v) is 4.07. The lowest BCUT2D eigenvalue weighted by Gasteiger charge is -2.46. The molecule has 2 aromatic rings. The molecule has 36 heavy (non-hydrogen) atoms. The fourth-order valence-electron chi connectivity index (χ4n) is 4.07. The number of nitriles is 1. The minimum atomic E-state index is -5.19. The number of hydrogen-bond acceptors (Lipinski definition) is 5. The first-order valence-electron chi connectivity index (χ1n) is 10.6. The summed E-state index contributed by atoms with van der Waals surface area (Å²) < 4.78 is 98.0. The van der Waals surface area contributed by atoms with E-state index in [-0.39, 0.29) is 48.1 Å². The van der Waals surface area contributed by atoms with Crippen LogP contribution in [0.4, 0.5) is 30.7 Å². The Balaban J connectivity index is 1.61. The number of nitrogens with one attached hydrogen (secondary N) is 1. The molecule has 1 aromatic heterocycles. The zero-order valence-corrected chi connectivity index (χ0v) is 18.8. The molecule has 0 amide bonds. The molecule has 0 spiro atoms. The van der Waals surface area contributed by atoms with Crippen LogP contribution in [0.1, 0.15) is 30.7 Å². The molecule has 0 bridgehead atoms. The van der Waals surface area contributed by atoms with E-state index < -0.39 is 40.5 Å². The first-order valence-corrected chi connectivity index (χ1v) is 10.6. The number of hydrogen-bond donors (Lipinski definition) is 1. The van der Waals surface area contributed by atoms with Gasteiger partial charge in [0, 0.05) is 23.2 Å². The summed E-state index contributed by atoms with van der Waals surface area (Å²) in [7, 11) is 0. The maximum Gasteiger partial charge on any atom is 0.428 e. The third kappa shape index (κ3) is 4.15. The second-order valence-corrected chi connectivity index (χ2v) is 8.73. The summed E-state index contributed by atoms with van der Waals surface area (Å²) in [5, 5.41) is 8.82. The third-order valence-corrected chi connectivity index (χ3v) is 5.92. The summed E-state index contributed by atoms with van der Waals surface area (Å²) in [5.41, 5.74) is -4.29. The van der Waals surface area contributed by atoms with E-state index >= 15 is 4.39 Å². The molecular weight excluding hydrogens is 495 g/mol. The normalized spacial score (nSPS) is 21.6. The zero-order valence-electron chi connectivity index (χ0n) is 18.8. The summed E-state index contributed by atoms with van der Waals surface area (Å²) in [5.74, 6) is -5.22. The van der Waals surface area contributed by atoms with Gasteiger partial charge in [0.25, 0.3) is 0 Å².